The van der Waals surface area contributed by atoms with Crippen molar-refractivity contribution in [2.45, 2.75) is 20.4 Å². The molecule has 0 aliphatic heterocycles. The highest BCUT2D eigenvalue weighted by Gasteiger charge is 2.06. The van der Waals surface area contributed by atoms with Crippen LogP contribution in [0.3, 0.4) is 0 Å². The van der Waals surface area contributed by atoms with Crippen LogP contribution in [0.1, 0.15) is 16.7 Å². The second-order valence-electron chi connectivity index (χ2n) is 5.83. The fourth-order valence-corrected chi connectivity index (χ4v) is 2.41. The molecule has 24 heavy (non-hydrogen) atoms. The summed E-state index contributed by atoms with van der Waals surface area (Å²) in [7, 11) is 1.98. The molecule has 4 heteroatoms. The molecule has 2 aromatic rings. The van der Waals surface area contributed by atoms with E-state index in [1.165, 1.54) is 16.7 Å². The van der Waals surface area contributed by atoms with Crippen molar-refractivity contribution in [3.05, 3.63) is 71.8 Å². The summed E-state index contributed by atoms with van der Waals surface area (Å²) in [5.41, 5.74) is 4.72. The molecule has 0 unspecified atom stereocenters. The van der Waals surface area contributed by atoms with Gasteiger partial charge in [-0.05, 0) is 67.0 Å². The van der Waals surface area contributed by atoms with Gasteiger partial charge in [-0.3, -0.25) is 0 Å². The van der Waals surface area contributed by atoms with E-state index in [1.54, 1.807) is 6.08 Å². The number of aryl methyl sites for hydroxylation is 2. The van der Waals surface area contributed by atoms with Crippen molar-refractivity contribution in [3.8, 4) is 5.75 Å². The van der Waals surface area contributed by atoms with E-state index in [4.69, 9.17) is 17.0 Å². The molecule has 1 N–H and O–H groups in total. The summed E-state index contributed by atoms with van der Waals surface area (Å²) in [6.45, 7) is 9.10. The Morgan fingerprint density at radius 1 is 1.17 bits per heavy atom. The summed E-state index contributed by atoms with van der Waals surface area (Å²) in [4.78, 5) is 2.02. The van der Waals surface area contributed by atoms with Crippen LogP contribution in [0.15, 0.2) is 55.1 Å². The van der Waals surface area contributed by atoms with Crippen molar-refractivity contribution in [1.29, 1.82) is 0 Å². The highest BCUT2D eigenvalue weighted by molar-refractivity contribution is 7.80. The van der Waals surface area contributed by atoms with E-state index in [2.05, 4.69) is 37.9 Å². The van der Waals surface area contributed by atoms with E-state index in [0.29, 0.717) is 11.7 Å². The second kappa shape index (κ2) is 8.50. The number of hydrogen-bond acceptors (Lipinski definition) is 2. The molecule has 0 bridgehead atoms. The van der Waals surface area contributed by atoms with Crippen molar-refractivity contribution >= 4 is 23.0 Å². The van der Waals surface area contributed by atoms with E-state index in [-0.39, 0.29) is 0 Å². The Kier molecular flexibility index (Phi) is 6.38. The van der Waals surface area contributed by atoms with Gasteiger partial charge in [0.15, 0.2) is 5.11 Å². The van der Waals surface area contributed by atoms with E-state index in [0.717, 1.165) is 18.0 Å². The highest BCUT2D eigenvalue weighted by Crippen LogP contribution is 2.16. The van der Waals surface area contributed by atoms with Gasteiger partial charge in [0.2, 0.25) is 0 Å². The van der Waals surface area contributed by atoms with Gasteiger partial charge in [0.25, 0.3) is 0 Å². The van der Waals surface area contributed by atoms with Crippen LogP contribution in [-0.2, 0) is 6.54 Å². The molecule has 0 aliphatic rings. The Hall–Kier alpha value is -2.33. The maximum atomic E-state index is 5.50. The number of thiocarbonyl (C=S) groups is 1. The third kappa shape index (κ3) is 5.10. The average Bonchev–Trinajstić information content (AvgIpc) is 2.57. The van der Waals surface area contributed by atoms with Crippen molar-refractivity contribution in [2.75, 3.05) is 19.0 Å². The fraction of sp³-hybridized carbons (Fsp3) is 0.250. The lowest BCUT2D eigenvalue weighted by Crippen LogP contribution is -2.30. The number of nitrogens with one attached hydrogen (secondary N) is 1. The lowest BCUT2D eigenvalue weighted by atomic mass is 10.1. The fourth-order valence-electron chi connectivity index (χ4n) is 2.23. The monoisotopic (exact) mass is 340 g/mol. The first-order valence-corrected chi connectivity index (χ1v) is 8.32. The summed E-state index contributed by atoms with van der Waals surface area (Å²) < 4.78 is 5.49. The number of ether oxygens (including phenoxy) is 1. The molecule has 3 nitrogen and oxygen atoms in total. The molecular formula is C20H24N2OS. The normalized spacial score (nSPS) is 10.1. The summed E-state index contributed by atoms with van der Waals surface area (Å²) in [6, 6.07) is 14.3. The number of anilines is 1. The molecule has 2 aromatic carbocycles. The zero-order valence-corrected chi connectivity index (χ0v) is 15.3. The number of rotatable bonds is 6. The summed E-state index contributed by atoms with van der Waals surface area (Å²) >= 11 is 5.50. The molecule has 0 heterocycles. The van der Waals surface area contributed by atoms with Crippen molar-refractivity contribution in [1.82, 2.24) is 4.90 Å². The van der Waals surface area contributed by atoms with Crippen molar-refractivity contribution in [3.63, 3.8) is 0 Å². The van der Waals surface area contributed by atoms with Crippen LogP contribution in [0, 0.1) is 13.8 Å². The first-order chi connectivity index (χ1) is 11.5. The van der Waals surface area contributed by atoms with Crippen LogP contribution >= 0.6 is 12.2 Å². The number of nitrogens with zero attached hydrogens (tertiary/aromatic N) is 1. The Balaban J connectivity index is 1.93. The molecule has 0 aromatic heterocycles. The minimum absolute atomic E-state index is 0.517. The van der Waals surface area contributed by atoms with Gasteiger partial charge >= 0.3 is 0 Å². The summed E-state index contributed by atoms with van der Waals surface area (Å²) in [5.74, 6) is 0.845. The lowest BCUT2D eigenvalue weighted by Gasteiger charge is -2.21. The van der Waals surface area contributed by atoms with Crippen LogP contribution in [0.5, 0.6) is 5.75 Å². The molecular weight excluding hydrogens is 316 g/mol. The first kappa shape index (κ1) is 18.0. The minimum Gasteiger partial charge on any atom is -0.490 e. The van der Waals surface area contributed by atoms with Gasteiger partial charge in [-0.2, -0.15) is 0 Å². The molecule has 0 radical (unpaired) electrons. The average molecular weight is 340 g/mol. The number of benzene rings is 2. The largest absolute Gasteiger partial charge is 0.490 e. The van der Waals surface area contributed by atoms with Gasteiger partial charge in [0.05, 0.1) is 0 Å². The van der Waals surface area contributed by atoms with E-state index >= 15 is 0 Å². The van der Waals surface area contributed by atoms with Crippen molar-refractivity contribution < 1.29 is 4.74 Å². The molecule has 0 saturated heterocycles. The van der Waals surface area contributed by atoms with Crippen LogP contribution in [0.2, 0.25) is 0 Å². The molecule has 0 fully saturated rings. The maximum Gasteiger partial charge on any atom is 0.173 e. The van der Waals surface area contributed by atoms with E-state index < -0.39 is 0 Å². The minimum atomic E-state index is 0.517. The van der Waals surface area contributed by atoms with Gasteiger partial charge in [-0.15, -0.1) is 0 Å². The second-order valence-corrected chi connectivity index (χ2v) is 6.22. The Labute approximate surface area is 150 Å². The van der Waals surface area contributed by atoms with Crippen LogP contribution in [-0.4, -0.2) is 23.7 Å². The molecule has 2 rings (SSSR count). The van der Waals surface area contributed by atoms with Crippen LogP contribution < -0.4 is 10.1 Å². The van der Waals surface area contributed by atoms with Crippen LogP contribution in [0.25, 0.3) is 0 Å². The van der Waals surface area contributed by atoms with Gasteiger partial charge in [0, 0.05) is 19.3 Å². The van der Waals surface area contributed by atoms with Gasteiger partial charge < -0.3 is 15.0 Å². The zero-order chi connectivity index (χ0) is 17.5. The van der Waals surface area contributed by atoms with Gasteiger partial charge in [-0.1, -0.05) is 30.9 Å². The first-order valence-electron chi connectivity index (χ1n) is 7.91. The molecule has 0 atom stereocenters. The van der Waals surface area contributed by atoms with Gasteiger partial charge in [0.1, 0.15) is 12.4 Å². The molecule has 0 spiro atoms. The smallest absolute Gasteiger partial charge is 0.173 e. The summed E-state index contributed by atoms with van der Waals surface area (Å²) in [5, 5.41) is 3.99. The SMILES string of the molecule is C=CCOc1ccc(CN(C)C(=S)Nc2ccc(C)c(C)c2)cc1. The van der Waals surface area contributed by atoms with Gasteiger partial charge in [-0.25, -0.2) is 0 Å². The van der Waals surface area contributed by atoms with E-state index in [1.807, 2.05) is 42.3 Å². The lowest BCUT2D eigenvalue weighted by molar-refractivity contribution is 0.363. The van der Waals surface area contributed by atoms with Crippen LogP contribution in [0.4, 0.5) is 5.69 Å². The Morgan fingerprint density at radius 3 is 2.50 bits per heavy atom. The molecule has 126 valence electrons. The predicted octanol–water partition coefficient (Wildman–Crippen LogP) is 4.70. The molecule has 0 amide bonds. The quantitative estimate of drug-likeness (QED) is 0.609. The number of hydrogen-bond donors (Lipinski definition) is 1. The molecule has 0 saturated carbocycles. The van der Waals surface area contributed by atoms with E-state index in [9.17, 15) is 0 Å². The molecule has 0 aliphatic carbocycles. The standard InChI is InChI=1S/C20H24N2OS/c1-5-12-23-19-10-7-17(8-11-19)14-22(4)20(24)21-18-9-6-15(2)16(3)13-18/h5-11,13H,1,12,14H2,2-4H3,(H,21,24). The zero-order valence-electron chi connectivity index (χ0n) is 14.5. The third-order valence-electron chi connectivity index (χ3n) is 3.82. The maximum absolute atomic E-state index is 5.50. The third-order valence-corrected chi connectivity index (χ3v) is 4.23. The predicted molar refractivity (Wildman–Crippen MR) is 106 cm³/mol. The highest BCUT2D eigenvalue weighted by atomic mass is 32.1. The Bertz CT molecular complexity index is 710. The Morgan fingerprint density at radius 2 is 1.88 bits per heavy atom. The van der Waals surface area contributed by atoms with Crippen molar-refractivity contribution in [2.24, 2.45) is 0 Å². The summed E-state index contributed by atoms with van der Waals surface area (Å²) in [6.07, 6.45) is 1.73. The topological polar surface area (TPSA) is 24.5 Å².